The quantitative estimate of drug-likeness (QED) is 0.670. The number of hydrogen-bond donors (Lipinski definition) is 1. The van der Waals surface area contributed by atoms with E-state index in [-0.39, 0.29) is 11.5 Å². The lowest BCUT2D eigenvalue weighted by Gasteiger charge is -2.26. The van der Waals surface area contributed by atoms with Crippen molar-refractivity contribution in [3.05, 3.63) is 22.1 Å². The minimum Gasteiger partial charge on any atom is -0.342 e. The molecule has 0 aromatic carbocycles. The van der Waals surface area contributed by atoms with Gasteiger partial charge in [-0.25, -0.2) is 4.98 Å². The van der Waals surface area contributed by atoms with E-state index in [9.17, 15) is 9.59 Å². The second kappa shape index (κ2) is 6.75. The van der Waals surface area contributed by atoms with Gasteiger partial charge in [0.1, 0.15) is 0 Å². The van der Waals surface area contributed by atoms with Crippen LogP contribution in [0.15, 0.2) is 16.0 Å². The predicted octanol–water partition coefficient (Wildman–Crippen LogP) is 1.44. The summed E-state index contributed by atoms with van der Waals surface area (Å²) in [5, 5.41) is 0.537. The Morgan fingerprint density at radius 2 is 2.16 bits per heavy atom. The summed E-state index contributed by atoms with van der Waals surface area (Å²) in [4.78, 5) is 32.3. The zero-order chi connectivity index (χ0) is 13.7. The summed E-state index contributed by atoms with van der Waals surface area (Å²) in [6.45, 7) is 3.67. The van der Waals surface area contributed by atoms with Gasteiger partial charge < -0.3 is 9.88 Å². The first-order valence-electron chi connectivity index (χ1n) is 6.70. The Labute approximate surface area is 116 Å². The highest BCUT2D eigenvalue weighted by atomic mass is 32.2. The molecule has 1 fully saturated rings. The second-order valence-electron chi connectivity index (χ2n) is 4.63. The van der Waals surface area contributed by atoms with E-state index < -0.39 is 0 Å². The second-order valence-corrected chi connectivity index (χ2v) is 5.59. The maximum atomic E-state index is 12.0. The maximum absolute atomic E-state index is 12.0. The van der Waals surface area contributed by atoms with E-state index in [1.165, 1.54) is 24.2 Å². The van der Waals surface area contributed by atoms with Gasteiger partial charge in [-0.2, -0.15) is 0 Å². The Hall–Kier alpha value is -1.30. The standard InChI is InChI=1S/C13H19N3O2S/c1-2-10-8-11(17)15-13(14-10)19-9-12(18)16-6-4-3-5-7-16/h8H,2-7,9H2,1H3,(H,14,15,17). The van der Waals surface area contributed by atoms with E-state index >= 15 is 0 Å². The number of thioether (sulfide) groups is 1. The average molecular weight is 281 g/mol. The molecule has 1 aliphatic heterocycles. The molecule has 0 unspecified atom stereocenters. The fraction of sp³-hybridized carbons (Fsp3) is 0.615. The molecule has 6 heteroatoms. The van der Waals surface area contributed by atoms with Crippen molar-refractivity contribution in [1.29, 1.82) is 0 Å². The van der Waals surface area contributed by atoms with Gasteiger partial charge in [0.2, 0.25) is 5.91 Å². The molecule has 1 aromatic rings. The van der Waals surface area contributed by atoms with E-state index in [1.807, 2.05) is 11.8 Å². The number of amides is 1. The van der Waals surface area contributed by atoms with Gasteiger partial charge in [0, 0.05) is 24.8 Å². The van der Waals surface area contributed by atoms with Gasteiger partial charge in [0.05, 0.1) is 5.75 Å². The summed E-state index contributed by atoms with van der Waals surface area (Å²) >= 11 is 1.31. The molecule has 2 rings (SSSR count). The van der Waals surface area contributed by atoms with E-state index in [4.69, 9.17) is 0 Å². The van der Waals surface area contributed by atoms with Crippen LogP contribution in [0.1, 0.15) is 31.9 Å². The normalized spacial score (nSPS) is 15.5. The first kappa shape index (κ1) is 14.1. The number of nitrogens with zero attached hydrogens (tertiary/aromatic N) is 2. The smallest absolute Gasteiger partial charge is 0.251 e. The lowest BCUT2D eigenvalue weighted by molar-refractivity contribution is -0.129. The summed E-state index contributed by atoms with van der Waals surface area (Å²) < 4.78 is 0. The summed E-state index contributed by atoms with van der Waals surface area (Å²) in [6, 6.07) is 1.50. The molecule has 0 aliphatic carbocycles. The predicted molar refractivity (Wildman–Crippen MR) is 75.4 cm³/mol. The van der Waals surface area contributed by atoms with Crippen LogP contribution in [0.2, 0.25) is 0 Å². The minimum atomic E-state index is -0.153. The molecule has 0 bridgehead atoms. The van der Waals surface area contributed by atoms with Crippen LogP contribution in [0, 0.1) is 0 Å². The van der Waals surface area contributed by atoms with Crippen LogP contribution in [0.5, 0.6) is 0 Å². The lowest BCUT2D eigenvalue weighted by atomic mass is 10.1. The Morgan fingerprint density at radius 3 is 2.84 bits per heavy atom. The van der Waals surface area contributed by atoms with Crippen molar-refractivity contribution in [3.63, 3.8) is 0 Å². The highest BCUT2D eigenvalue weighted by molar-refractivity contribution is 7.99. The number of carbonyl (C=O) groups excluding carboxylic acids is 1. The number of rotatable bonds is 4. The Kier molecular flexibility index (Phi) is 5.01. The fourth-order valence-electron chi connectivity index (χ4n) is 2.10. The Bertz CT molecular complexity index is 495. The molecule has 0 spiro atoms. The number of likely N-dealkylation sites (tertiary alicyclic amines) is 1. The van der Waals surface area contributed by atoms with Crippen LogP contribution in [-0.4, -0.2) is 39.6 Å². The molecular weight excluding hydrogens is 262 g/mol. The monoisotopic (exact) mass is 281 g/mol. The molecule has 1 N–H and O–H groups in total. The van der Waals surface area contributed by atoms with Crippen LogP contribution in [-0.2, 0) is 11.2 Å². The van der Waals surface area contributed by atoms with Crippen molar-refractivity contribution in [1.82, 2.24) is 14.9 Å². The number of nitrogens with one attached hydrogen (secondary N) is 1. The van der Waals surface area contributed by atoms with Gasteiger partial charge in [-0.15, -0.1) is 0 Å². The van der Waals surface area contributed by atoms with Crippen molar-refractivity contribution < 1.29 is 4.79 Å². The third kappa shape index (κ3) is 4.09. The first-order valence-corrected chi connectivity index (χ1v) is 7.68. The van der Waals surface area contributed by atoms with Crippen LogP contribution in [0.4, 0.5) is 0 Å². The zero-order valence-corrected chi connectivity index (χ0v) is 12.0. The summed E-state index contributed by atoms with van der Waals surface area (Å²) in [5.41, 5.74) is 0.608. The molecule has 1 saturated heterocycles. The number of aromatic amines is 1. The molecule has 1 amide bonds. The van der Waals surface area contributed by atoms with Crippen molar-refractivity contribution in [2.45, 2.75) is 37.8 Å². The molecule has 2 heterocycles. The molecule has 104 valence electrons. The number of hydrogen-bond acceptors (Lipinski definition) is 4. The van der Waals surface area contributed by atoms with Crippen LogP contribution < -0.4 is 5.56 Å². The Morgan fingerprint density at radius 1 is 1.42 bits per heavy atom. The largest absolute Gasteiger partial charge is 0.342 e. The molecule has 19 heavy (non-hydrogen) atoms. The van der Waals surface area contributed by atoms with Gasteiger partial charge in [-0.1, -0.05) is 18.7 Å². The SMILES string of the molecule is CCc1cc(=O)[nH]c(SCC(=O)N2CCCCC2)n1. The highest BCUT2D eigenvalue weighted by Crippen LogP contribution is 2.15. The van der Waals surface area contributed by atoms with Gasteiger partial charge in [0.25, 0.3) is 5.56 Å². The number of aryl methyl sites for hydroxylation is 1. The third-order valence-corrected chi connectivity index (χ3v) is 4.03. The first-order chi connectivity index (χ1) is 9.19. The summed E-state index contributed by atoms with van der Waals surface area (Å²) in [6.07, 6.45) is 4.12. The topological polar surface area (TPSA) is 66.1 Å². The van der Waals surface area contributed by atoms with E-state index in [1.54, 1.807) is 0 Å². The molecule has 0 saturated carbocycles. The van der Waals surface area contributed by atoms with Crippen molar-refractivity contribution in [3.8, 4) is 0 Å². The van der Waals surface area contributed by atoms with Gasteiger partial charge in [-0.05, 0) is 25.7 Å². The minimum absolute atomic E-state index is 0.134. The van der Waals surface area contributed by atoms with Crippen molar-refractivity contribution in [2.75, 3.05) is 18.8 Å². The lowest BCUT2D eigenvalue weighted by Crippen LogP contribution is -2.36. The number of piperidine rings is 1. The third-order valence-electron chi connectivity index (χ3n) is 3.18. The van der Waals surface area contributed by atoms with E-state index in [0.717, 1.165) is 38.0 Å². The van der Waals surface area contributed by atoms with Crippen LogP contribution in [0.25, 0.3) is 0 Å². The number of aromatic nitrogens is 2. The number of H-pyrrole nitrogens is 1. The maximum Gasteiger partial charge on any atom is 0.251 e. The van der Waals surface area contributed by atoms with Crippen LogP contribution in [0.3, 0.4) is 0 Å². The highest BCUT2D eigenvalue weighted by Gasteiger charge is 2.16. The summed E-state index contributed by atoms with van der Waals surface area (Å²) in [5.74, 6) is 0.477. The van der Waals surface area contributed by atoms with Gasteiger partial charge >= 0.3 is 0 Å². The Balaban J connectivity index is 1.92. The zero-order valence-electron chi connectivity index (χ0n) is 11.1. The van der Waals surface area contributed by atoms with Gasteiger partial charge in [0.15, 0.2) is 5.16 Å². The molecule has 1 aromatic heterocycles. The molecular formula is C13H19N3O2S. The average Bonchev–Trinajstić information content (AvgIpc) is 2.45. The molecule has 5 nitrogen and oxygen atoms in total. The van der Waals surface area contributed by atoms with Crippen molar-refractivity contribution in [2.24, 2.45) is 0 Å². The van der Waals surface area contributed by atoms with E-state index in [2.05, 4.69) is 9.97 Å². The molecule has 0 atom stereocenters. The van der Waals surface area contributed by atoms with Crippen molar-refractivity contribution >= 4 is 17.7 Å². The molecule has 0 radical (unpaired) electrons. The summed E-state index contributed by atoms with van der Waals surface area (Å²) in [7, 11) is 0. The van der Waals surface area contributed by atoms with Crippen LogP contribution >= 0.6 is 11.8 Å². The molecule has 1 aliphatic rings. The van der Waals surface area contributed by atoms with Gasteiger partial charge in [-0.3, -0.25) is 9.59 Å². The number of carbonyl (C=O) groups is 1. The fourth-order valence-corrected chi connectivity index (χ4v) is 2.89. The van der Waals surface area contributed by atoms with E-state index in [0.29, 0.717) is 10.9 Å².